The summed E-state index contributed by atoms with van der Waals surface area (Å²) in [6.07, 6.45) is 3.11. The van der Waals surface area contributed by atoms with E-state index in [1.807, 2.05) is 12.1 Å². The van der Waals surface area contributed by atoms with Crippen LogP contribution in [0.4, 0.5) is 17.1 Å². The van der Waals surface area contributed by atoms with Crippen molar-refractivity contribution in [1.29, 1.82) is 0 Å². The zero-order chi connectivity index (χ0) is 19.9. The van der Waals surface area contributed by atoms with Gasteiger partial charge >= 0.3 is 0 Å². The highest BCUT2D eigenvalue weighted by molar-refractivity contribution is 7.92. The molecule has 7 nitrogen and oxygen atoms in total. The summed E-state index contributed by atoms with van der Waals surface area (Å²) in [4.78, 5) is 23.3. The molecule has 2 rings (SSSR count). The van der Waals surface area contributed by atoms with Crippen LogP contribution in [0.3, 0.4) is 0 Å². The van der Waals surface area contributed by atoms with E-state index in [2.05, 4.69) is 21.9 Å². The summed E-state index contributed by atoms with van der Waals surface area (Å²) in [6.45, 7) is 3.39. The van der Waals surface area contributed by atoms with Gasteiger partial charge < -0.3 is 10.6 Å². The topological polar surface area (TPSA) is 104 Å². The van der Waals surface area contributed by atoms with Crippen molar-refractivity contribution in [3.8, 4) is 0 Å². The molecule has 27 heavy (non-hydrogen) atoms. The van der Waals surface area contributed by atoms with Crippen molar-refractivity contribution in [1.82, 2.24) is 0 Å². The van der Waals surface area contributed by atoms with E-state index >= 15 is 0 Å². The second-order valence-corrected chi connectivity index (χ2v) is 7.64. The van der Waals surface area contributed by atoms with Crippen LogP contribution in [0.15, 0.2) is 61.2 Å². The summed E-state index contributed by atoms with van der Waals surface area (Å²) < 4.78 is 24.7. The van der Waals surface area contributed by atoms with Gasteiger partial charge in [-0.1, -0.05) is 18.7 Å². The Morgan fingerprint density at radius 2 is 1.44 bits per heavy atom. The number of carbonyl (C=O) groups is 2. The average molecular weight is 387 g/mol. The van der Waals surface area contributed by atoms with Gasteiger partial charge in [0.25, 0.3) is 0 Å². The lowest BCUT2D eigenvalue weighted by Gasteiger charge is -2.08. The van der Waals surface area contributed by atoms with E-state index in [1.165, 1.54) is 6.08 Å². The molecule has 0 heterocycles. The van der Waals surface area contributed by atoms with Crippen LogP contribution in [0.1, 0.15) is 12.0 Å². The Kier molecular flexibility index (Phi) is 6.73. The van der Waals surface area contributed by atoms with Crippen molar-refractivity contribution in [2.24, 2.45) is 0 Å². The number of hydrogen-bond donors (Lipinski definition) is 3. The molecule has 0 aliphatic carbocycles. The maximum absolute atomic E-state index is 12.1. The Hall–Kier alpha value is -3.13. The Bertz CT molecular complexity index is 920. The smallest absolute Gasteiger partial charge is 0.247 e. The Morgan fingerprint density at radius 3 is 2.00 bits per heavy atom. The number of hydrogen-bond acceptors (Lipinski definition) is 4. The normalized spacial score (nSPS) is 10.7. The zero-order valence-electron chi connectivity index (χ0n) is 14.9. The van der Waals surface area contributed by atoms with E-state index in [-0.39, 0.29) is 11.8 Å². The van der Waals surface area contributed by atoms with Crippen LogP contribution in [-0.4, -0.2) is 26.5 Å². The fraction of sp³-hybridized carbons (Fsp3) is 0.158. The monoisotopic (exact) mass is 387 g/mol. The second-order valence-electron chi connectivity index (χ2n) is 5.89. The number of anilines is 3. The van der Waals surface area contributed by atoms with Gasteiger partial charge in [-0.15, -0.1) is 0 Å². The molecule has 0 aliphatic heterocycles. The first-order valence-electron chi connectivity index (χ1n) is 8.15. The minimum absolute atomic E-state index is 0.150. The number of carbonyl (C=O) groups excluding carboxylic acids is 2. The lowest BCUT2D eigenvalue weighted by Crippen LogP contribution is -2.13. The van der Waals surface area contributed by atoms with E-state index in [9.17, 15) is 18.0 Å². The van der Waals surface area contributed by atoms with Crippen LogP contribution < -0.4 is 15.4 Å². The van der Waals surface area contributed by atoms with Crippen molar-refractivity contribution in [3.63, 3.8) is 0 Å². The molecule has 0 saturated heterocycles. The molecule has 2 amide bonds. The number of aryl methyl sites for hydroxylation is 1. The summed E-state index contributed by atoms with van der Waals surface area (Å²) in [6, 6.07) is 13.6. The highest BCUT2D eigenvalue weighted by atomic mass is 32.2. The Morgan fingerprint density at radius 1 is 0.926 bits per heavy atom. The lowest BCUT2D eigenvalue weighted by atomic mass is 10.1. The minimum Gasteiger partial charge on any atom is -0.326 e. The summed E-state index contributed by atoms with van der Waals surface area (Å²) in [7, 11) is -3.33. The zero-order valence-corrected chi connectivity index (χ0v) is 15.7. The molecule has 0 spiro atoms. The van der Waals surface area contributed by atoms with E-state index in [0.29, 0.717) is 29.9 Å². The summed E-state index contributed by atoms with van der Waals surface area (Å²) in [5.41, 5.74) is 2.64. The van der Waals surface area contributed by atoms with Gasteiger partial charge in [-0.2, -0.15) is 0 Å². The third-order valence-electron chi connectivity index (χ3n) is 3.52. The van der Waals surface area contributed by atoms with Crippen LogP contribution in [0, 0.1) is 0 Å². The second kappa shape index (κ2) is 9.00. The van der Waals surface area contributed by atoms with Crippen molar-refractivity contribution in [2.75, 3.05) is 21.6 Å². The van der Waals surface area contributed by atoms with Crippen LogP contribution >= 0.6 is 0 Å². The fourth-order valence-electron chi connectivity index (χ4n) is 2.27. The first kappa shape index (κ1) is 20.2. The van der Waals surface area contributed by atoms with Crippen molar-refractivity contribution in [2.45, 2.75) is 12.8 Å². The molecule has 2 aromatic rings. The molecule has 2 aromatic carbocycles. The number of benzene rings is 2. The molecular formula is C19H21N3O4S. The van der Waals surface area contributed by atoms with Gasteiger partial charge in [-0.3, -0.25) is 14.3 Å². The molecule has 3 N–H and O–H groups in total. The number of sulfonamides is 1. The standard InChI is InChI=1S/C19H21N3O4S/c1-3-18(23)20-15-7-4-14(5-8-15)6-13-19(24)21-16-9-11-17(12-10-16)22-27(2,25)26/h3-5,7-12,22H,1,6,13H2,2H3,(H,20,23)(H,21,24). The van der Waals surface area contributed by atoms with Crippen LogP contribution in [0.25, 0.3) is 0 Å². The van der Waals surface area contributed by atoms with Crippen LogP contribution in [0.5, 0.6) is 0 Å². The van der Waals surface area contributed by atoms with Gasteiger partial charge in [-0.25, -0.2) is 8.42 Å². The predicted octanol–water partition coefficient (Wildman–Crippen LogP) is 2.75. The van der Waals surface area contributed by atoms with Gasteiger partial charge in [0, 0.05) is 23.5 Å². The fourth-order valence-corrected chi connectivity index (χ4v) is 2.83. The molecular weight excluding hydrogens is 366 g/mol. The van der Waals surface area contributed by atoms with Crippen molar-refractivity contribution >= 4 is 38.9 Å². The van der Waals surface area contributed by atoms with E-state index in [0.717, 1.165) is 11.8 Å². The SMILES string of the molecule is C=CC(=O)Nc1ccc(CCC(=O)Nc2ccc(NS(C)(=O)=O)cc2)cc1. The first-order valence-corrected chi connectivity index (χ1v) is 10.0. The Labute approximate surface area is 158 Å². The van der Waals surface area contributed by atoms with Crippen LogP contribution in [0.2, 0.25) is 0 Å². The van der Waals surface area contributed by atoms with E-state index in [1.54, 1.807) is 36.4 Å². The summed E-state index contributed by atoms with van der Waals surface area (Å²) >= 11 is 0. The lowest BCUT2D eigenvalue weighted by molar-refractivity contribution is -0.116. The van der Waals surface area contributed by atoms with Gasteiger partial charge in [0.1, 0.15) is 0 Å². The molecule has 0 unspecified atom stereocenters. The predicted molar refractivity (Wildman–Crippen MR) is 107 cm³/mol. The maximum atomic E-state index is 12.1. The molecule has 0 aromatic heterocycles. The van der Waals surface area contributed by atoms with Gasteiger partial charge in [0.05, 0.1) is 6.26 Å². The van der Waals surface area contributed by atoms with Gasteiger partial charge in [0.2, 0.25) is 21.8 Å². The van der Waals surface area contributed by atoms with Gasteiger partial charge in [-0.05, 0) is 54.5 Å². The summed E-state index contributed by atoms with van der Waals surface area (Å²) in [5.74, 6) is -0.428. The molecule has 0 atom stereocenters. The largest absolute Gasteiger partial charge is 0.326 e. The summed E-state index contributed by atoms with van der Waals surface area (Å²) in [5, 5.41) is 5.42. The highest BCUT2D eigenvalue weighted by Gasteiger charge is 2.06. The van der Waals surface area contributed by atoms with Crippen molar-refractivity contribution in [3.05, 3.63) is 66.7 Å². The third kappa shape index (κ3) is 7.33. The van der Waals surface area contributed by atoms with E-state index in [4.69, 9.17) is 0 Å². The average Bonchev–Trinajstić information content (AvgIpc) is 2.61. The molecule has 0 fully saturated rings. The Balaban J connectivity index is 1.83. The van der Waals surface area contributed by atoms with Crippen LogP contribution in [-0.2, 0) is 26.0 Å². The third-order valence-corrected chi connectivity index (χ3v) is 4.13. The number of amides is 2. The van der Waals surface area contributed by atoms with Gasteiger partial charge in [0.15, 0.2) is 0 Å². The molecule has 0 radical (unpaired) electrons. The van der Waals surface area contributed by atoms with Crippen molar-refractivity contribution < 1.29 is 18.0 Å². The number of nitrogens with one attached hydrogen (secondary N) is 3. The molecule has 8 heteroatoms. The molecule has 0 aliphatic rings. The molecule has 0 saturated carbocycles. The highest BCUT2D eigenvalue weighted by Crippen LogP contribution is 2.15. The maximum Gasteiger partial charge on any atom is 0.247 e. The number of rotatable bonds is 8. The minimum atomic E-state index is -3.33. The first-order chi connectivity index (χ1) is 12.7. The quantitative estimate of drug-likeness (QED) is 0.606. The van der Waals surface area contributed by atoms with E-state index < -0.39 is 10.0 Å². The molecule has 142 valence electrons. The molecule has 0 bridgehead atoms.